The fourth-order valence-corrected chi connectivity index (χ4v) is 9.17. The van der Waals surface area contributed by atoms with Crippen molar-refractivity contribution in [2.75, 3.05) is 39.6 Å². The van der Waals surface area contributed by atoms with Gasteiger partial charge in [0.15, 0.2) is 37.7 Å². The highest BCUT2D eigenvalue weighted by molar-refractivity contribution is 5.70. The van der Waals surface area contributed by atoms with E-state index in [2.05, 4.69) is 0 Å². The Kier molecular flexibility index (Phi) is 18.9. The number of rotatable bonds is 8. The molecule has 12 bridgehead atoms. The molecule has 0 aliphatic carbocycles. The Morgan fingerprint density at radius 2 is 0.529 bits per heavy atom. The molecule has 70 heavy (non-hydrogen) atoms. The topological polar surface area (TPSA) is 519 Å². The molecular formula is C37H62N2O31. The number of nitrogens with two attached hydrogens (primary N) is 1. The van der Waals surface area contributed by atoms with Crippen molar-refractivity contribution in [3.63, 3.8) is 0 Å². The van der Waals surface area contributed by atoms with Gasteiger partial charge in [-0.25, -0.2) is 10.3 Å². The summed E-state index contributed by atoms with van der Waals surface area (Å²) < 4.78 is 68.4. The van der Waals surface area contributed by atoms with Crippen LogP contribution in [0.3, 0.4) is 0 Å². The summed E-state index contributed by atoms with van der Waals surface area (Å²) in [5, 5.41) is 186. The van der Waals surface area contributed by atoms with E-state index in [1.807, 2.05) is 0 Å². The van der Waals surface area contributed by atoms with Gasteiger partial charge in [0.1, 0.15) is 146 Å². The van der Waals surface area contributed by atoms with Gasteiger partial charge in [0.05, 0.1) is 39.6 Å². The number of primary amides is 1. The van der Waals surface area contributed by atoms with Crippen LogP contribution in [0, 0.1) is 0 Å². The van der Waals surface area contributed by atoms with Crippen LogP contribution in [0.25, 0.3) is 0 Å². The molecule has 22 aliphatic rings. The second-order valence-corrected chi connectivity index (χ2v) is 17.4. The summed E-state index contributed by atoms with van der Waals surface area (Å²) in [7, 11) is 0. The predicted octanol–water partition coefficient (Wildman–Crippen LogP) is -13.4. The number of aliphatic hydroxyl groups excluding tert-OH is 17. The lowest BCUT2D eigenvalue weighted by Crippen LogP contribution is -2.69. The van der Waals surface area contributed by atoms with Gasteiger partial charge in [-0.2, -0.15) is 0 Å². The van der Waals surface area contributed by atoms with Crippen molar-refractivity contribution in [2.24, 2.45) is 5.73 Å². The molecule has 2 amide bonds. The number of ether oxygens (including phenoxy) is 12. The Balaban J connectivity index is 1.22. The summed E-state index contributed by atoms with van der Waals surface area (Å²) in [6, 6.07) is -1.34. The van der Waals surface area contributed by atoms with Crippen LogP contribution >= 0.6 is 0 Å². The van der Waals surface area contributed by atoms with Crippen LogP contribution in [0.5, 0.6) is 0 Å². The summed E-state index contributed by atoms with van der Waals surface area (Å²) in [5.41, 5.74) is 6.93. The fourth-order valence-electron chi connectivity index (χ4n) is 9.17. The standard InChI is InChI=1S/C37H62N2O31/c38-37(57)39-70-30-23(56)36-63-12(6-45)29(30)69-35-22(55)17(50)27(10(4-43)62-35)67-33-20(53)15(48)25(8(2-41)60-33)65-31-18(51)13(46)24(7(1-40)58-31)64-32-19(52)14(47)26(9(3-42)59-32)66-34-21(54)16(49)28(68-36)11(5-44)61-34/h7-36,40-56H,1-6H2,(H3,38,39,57)/t7-,8-,9-,10-,11-,12-,13-,14-,15-,16-,17-,18-,19-,20-,21-,22-,23-,24-,25-,26-,27-,28-,29+,30-,31-,32-,33-,34-,35-,36-/m1/s1. The molecule has 33 heteroatoms. The first-order chi connectivity index (χ1) is 33.3. The van der Waals surface area contributed by atoms with Crippen LogP contribution in [0.1, 0.15) is 0 Å². The highest BCUT2D eigenvalue weighted by atomic mass is 16.8. The summed E-state index contributed by atoms with van der Waals surface area (Å²) in [6.45, 7) is -6.19. The molecule has 0 aromatic rings. The maximum absolute atomic E-state index is 11.8. The van der Waals surface area contributed by atoms with Crippen molar-refractivity contribution < 1.29 is 153 Å². The van der Waals surface area contributed by atoms with Gasteiger partial charge in [-0.3, -0.25) is 4.84 Å². The lowest BCUT2D eigenvalue weighted by molar-refractivity contribution is -0.405. The Hall–Kier alpha value is -1.93. The Bertz CT molecular complexity index is 1650. The van der Waals surface area contributed by atoms with E-state index in [-0.39, 0.29) is 0 Å². The second kappa shape index (κ2) is 23.7. The van der Waals surface area contributed by atoms with E-state index in [0.29, 0.717) is 0 Å². The maximum atomic E-state index is 11.8. The predicted molar refractivity (Wildman–Crippen MR) is 207 cm³/mol. The zero-order valence-corrected chi connectivity index (χ0v) is 36.5. The van der Waals surface area contributed by atoms with Crippen LogP contribution in [-0.4, -0.2) is 317 Å². The van der Waals surface area contributed by atoms with Gasteiger partial charge < -0.3 is 149 Å². The minimum absolute atomic E-state index is 1.01. The molecule has 22 saturated heterocycles. The highest BCUT2D eigenvalue weighted by Gasteiger charge is 2.59. The molecule has 22 heterocycles. The van der Waals surface area contributed by atoms with Gasteiger partial charge in [-0.05, 0) is 0 Å². The number of aliphatic hydroxyl groups is 17. The van der Waals surface area contributed by atoms with Crippen molar-refractivity contribution in [3.05, 3.63) is 0 Å². The van der Waals surface area contributed by atoms with Gasteiger partial charge in [0.25, 0.3) is 0 Å². The number of hydrogen-bond donors (Lipinski definition) is 19. The molecule has 0 aromatic heterocycles. The lowest BCUT2D eigenvalue weighted by Gasteiger charge is -2.51. The van der Waals surface area contributed by atoms with Crippen molar-refractivity contribution in [3.8, 4) is 0 Å². The lowest BCUT2D eigenvalue weighted by atomic mass is 9.94. The average molecular weight is 1030 g/mol. The number of carbonyl (C=O) groups excluding carboxylic acids is 1. The number of urea groups is 1. The summed E-state index contributed by atoms with van der Waals surface area (Å²) >= 11 is 0. The number of hydroxylamine groups is 1. The SMILES string of the molecule is NC(=O)NO[C@@H]1[C@@H](O)[C@H]2O[C@H]3[C@H](O)[C@@H](O)[C@@H](O[C@H]4[C@H](O)[C@@H](O)[C@@H](O[C@H]5[C@H](O)[C@@H](O)[C@@H](O[C@H]6[C@H](O)[C@@H](O)[C@@H](O[C@H]7[C@H](O)[C@@H](O)[C@@H](O[C@H]1[C@@H](CO)O2)O[C@@H]7CO)O[C@@H]6CO)O[C@@H]5CO)O[C@@H]4CO)O[C@@H]3CO. The molecule has 406 valence electrons. The van der Waals surface area contributed by atoms with Gasteiger partial charge in [0, 0.05) is 0 Å². The van der Waals surface area contributed by atoms with E-state index < -0.39 is 230 Å². The Morgan fingerprint density at radius 3 is 0.743 bits per heavy atom. The van der Waals surface area contributed by atoms with Gasteiger partial charge in [0.2, 0.25) is 0 Å². The molecule has 22 fully saturated rings. The minimum atomic E-state index is -2.21. The molecule has 30 atom stereocenters. The molecule has 0 saturated carbocycles. The first-order valence-electron chi connectivity index (χ1n) is 22.0. The van der Waals surface area contributed by atoms with Gasteiger partial charge in [-0.1, -0.05) is 0 Å². The van der Waals surface area contributed by atoms with E-state index in [1.54, 1.807) is 5.48 Å². The first-order valence-corrected chi connectivity index (χ1v) is 22.0. The van der Waals surface area contributed by atoms with Gasteiger partial charge in [-0.15, -0.1) is 0 Å². The van der Waals surface area contributed by atoms with Gasteiger partial charge >= 0.3 is 6.03 Å². The third kappa shape index (κ3) is 11.1. The summed E-state index contributed by atoms with van der Waals surface area (Å²) in [4.78, 5) is 17.1. The fraction of sp³-hybridized carbons (Fsp3) is 0.973. The smallest absolute Gasteiger partial charge is 0.336 e. The zero-order valence-electron chi connectivity index (χ0n) is 36.5. The van der Waals surface area contributed by atoms with E-state index in [1.165, 1.54) is 0 Å². The van der Waals surface area contributed by atoms with E-state index in [4.69, 9.17) is 67.4 Å². The van der Waals surface area contributed by atoms with Crippen molar-refractivity contribution >= 4 is 6.03 Å². The Labute approximate surface area is 394 Å². The van der Waals surface area contributed by atoms with Crippen LogP contribution in [-0.2, 0) is 61.7 Å². The number of hydrogen-bond acceptors (Lipinski definition) is 31. The maximum Gasteiger partial charge on any atom is 0.336 e. The number of carbonyl (C=O) groups is 1. The number of amides is 2. The van der Waals surface area contributed by atoms with Crippen LogP contribution < -0.4 is 11.2 Å². The molecule has 0 unspecified atom stereocenters. The molecule has 20 N–H and O–H groups in total. The molecule has 22 rings (SSSR count). The first kappa shape index (κ1) is 55.8. The van der Waals surface area contributed by atoms with Crippen molar-refractivity contribution in [2.45, 2.75) is 184 Å². The molecule has 33 nitrogen and oxygen atoms in total. The molecule has 0 radical (unpaired) electrons. The molecular weight excluding hydrogens is 968 g/mol. The van der Waals surface area contributed by atoms with E-state index in [0.717, 1.165) is 0 Å². The second-order valence-electron chi connectivity index (χ2n) is 17.4. The largest absolute Gasteiger partial charge is 0.394 e. The quantitative estimate of drug-likeness (QED) is 0.100. The van der Waals surface area contributed by atoms with Crippen LogP contribution in [0.2, 0.25) is 0 Å². The third-order valence-corrected chi connectivity index (χ3v) is 12.9. The Morgan fingerprint density at radius 1 is 0.329 bits per heavy atom. The normalized spacial score (nSPS) is 52.8. The van der Waals surface area contributed by atoms with E-state index >= 15 is 0 Å². The monoisotopic (exact) mass is 1030 g/mol. The third-order valence-electron chi connectivity index (χ3n) is 12.9. The molecule has 0 spiro atoms. The zero-order chi connectivity index (χ0) is 51.0. The minimum Gasteiger partial charge on any atom is -0.394 e. The van der Waals surface area contributed by atoms with E-state index in [9.17, 15) is 91.6 Å². The molecule has 22 aliphatic heterocycles. The van der Waals surface area contributed by atoms with Crippen LogP contribution in [0.15, 0.2) is 0 Å². The van der Waals surface area contributed by atoms with Crippen molar-refractivity contribution in [1.29, 1.82) is 0 Å². The summed E-state index contributed by atoms with van der Waals surface area (Å²) in [6.07, 6.45) is -59.5. The number of nitrogens with one attached hydrogen (secondary N) is 1. The summed E-state index contributed by atoms with van der Waals surface area (Å²) in [5.74, 6) is 0. The highest BCUT2D eigenvalue weighted by Crippen LogP contribution is 2.38. The van der Waals surface area contributed by atoms with Crippen LogP contribution in [0.4, 0.5) is 4.79 Å². The average Bonchev–Trinajstić information content (AvgIpc) is 3.34. The van der Waals surface area contributed by atoms with Crippen molar-refractivity contribution in [1.82, 2.24) is 5.48 Å². The molecule has 0 aromatic carbocycles.